The van der Waals surface area contributed by atoms with Gasteiger partial charge in [0.15, 0.2) is 0 Å². The molecule has 0 atom stereocenters. The van der Waals surface area contributed by atoms with E-state index in [2.05, 4.69) is 264 Å². The Morgan fingerprint density at radius 3 is 1.32 bits per heavy atom. The summed E-state index contributed by atoms with van der Waals surface area (Å²) in [6.07, 6.45) is 0. The fourth-order valence-electron chi connectivity index (χ4n) is 9.98. The van der Waals surface area contributed by atoms with Crippen LogP contribution in [0, 0.1) is 0 Å². The highest BCUT2D eigenvalue weighted by Gasteiger charge is 2.33. The zero-order valence-corrected chi connectivity index (χ0v) is 35.4. The van der Waals surface area contributed by atoms with Gasteiger partial charge in [0.25, 0.3) is 0 Å². The first-order valence-electron chi connectivity index (χ1n) is 21.6. The van der Waals surface area contributed by atoms with E-state index in [1.807, 2.05) is 0 Å². The van der Waals surface area contributed by atoms with E-state index >= 15 is 0 Å². The monoisotopic (exact) mass is 822 g/mol. The van der Waals surface area contributed by atoms with Gasteiger partial charge in [-0.2, -0.15) is 0 Å². The third-order valence-electron chi connectivity index (χ3n) is 12.7. The first-order valence-corrected chi connectivity index (χ1v) is 23.2. The predicted octanol–water partition coefficient (Wildman–Crippen LogP) is 16.6. The Morgan fingerprint density at radius 1 is 0.254 bits per heavy atom. The fourth-order valence-corrected chi connectivity index (χ4v) is 13.9. The highest BCUT2D eigenvalue weighted by molar-refractivity contribution is 8.34. The van der Waals surface area contributed by atoms with Crippen molar-refractivity contribution >= 4 is 53.6 Å². The number of para-hydroxylation sites is 2. The molecule has 63 heavy (non-hydrogen) atoms. The molecule has 0 radical (unpaired) electrons. The summed E-state index contributed by atoms with van der Waals surface area (Å²) < 4.78 is 4.89. The second kappa shape index (κ2) is 15.3. The number of hydrogen-bond acceptors (Lipinski definition) is 0. The lowest BCUT2D eigenvalue weighted by Gasteiger charge is -2.42. The van der Waals surface area contributed by atoms with Crippen LogP contribution in [0.1, 0.15) is 0 Å². The first kappa shape index (κ1) is 37.0. The normalized spacial score (nSPS) is 12.1. The summed E-state index contributed by atoms with van der Waals surface area (Å²) in [6.45, 7) is 0. The van der Waals surface area contributed by atoms with Crippen molar-refractivity contribution in [2.45, 2.75) is 19.6 Å². The van der Waals surface area contributed by atoms with Crippen molar-refractivity contribution < 1.29 is 0 Å². The number of hydrogen-bond donors (Lipinski definition) is 0. The van der Waals surface area contributed by atoms with Crippen molar-refractivity contribution in [3.8, 4) is 33.6 Å². The number of benzene rings is 10. The lowest BCUT2D eigenvalue weighted by atomic mass is 9.92. The van der Waals surface area contributed by atoms with Crippen molar-refractivity contribution in [1.82, 2.24) is 9.13 Å². The SMILES string of the molecule is c1ccc(-c2ccccc2-c2cccc3c2c2ccccc2n3-c2ccc3c(c2)c2ccccc2n3-c2ccc(S(c3ccccc3)(c3ccccc3)c3ccccc3)cc2)cc1. The zero-order valence-electron chi connectivity index (χ0n) is 34.6. The molecule has 0 aliphatic carbocycles. The van der Waals surface area contributed by atoms with Crippen LogP contribution in [0.4, 0.5) is 0 Å². The Bertz CT molecular complexity index is 3490. The summed E-state index contributed by atoms with van der Waals surface area (Å²) in [4.78, 5) is 5.25. The van der Waals surface area contributed by atoms with Gasteiger partial charge in [-0.05, 0) is 119 Å². The topological polar surface area (TPSA) is 9.86 Å². The van der Waals surface area contributed by atoms with Gasteiger partial charge >= 0.3 is 0 Å². The Balaban J connectivity index is 1.03. The highest BCUT2D eigenvalue weighted by atomic mass is 32.3. The minimum atomic E-state index is -1.80. The fraction of sp³-hybridized carbons (Fsp3) is 0. The minimum Gasteiger partial charge on any atom is -0.309 e. The minimum absolute atomic E-state index is 1.14. The summed E-state index contributed by atoms with van der Waals surface area (Å²) in [5.74, 6) is 0. The van der Waals surface area contributed by atoms with E-state index < -0.39 is 10.0 Å². The summed E-state index contributed by atoms with van der Waals surface area (Å²) in [7, 11) is -1.80. The van der Waals surface area contributed by atoms with E-state index in [-0.39, 0.29) is 0 Å². The number of aromatic nitrogens is 2. The van der Waals surface area contributed by atoms with Crippen molar-refractivity contribution in [3.05, 3.63) is 255 Å². The Morgan fingerprint density at radius 2 is 0.683 bits per heavy atom. The van der Waals surface area contributed by atoms with E-state index in [1.165, 1.54) is 85.4 Å². The van der Waals surface area contributed by atoms with Gasteiger partial charge in [-0.25, -0.2) is 0 Å². The number of nitrogens with zero attached hydrogens (tertiary/aromatic N) is 2. The third kappa shape index (κ3) is 5.89. The maximum atomic E-state index is 2.46. The van der Waals surface area contributed by atoms with Crippen LogP contribution in [0.3, 0.4) is 0 Å². The second-order valence-electron chi connectivity index (χ2n) is 16.1. The van der Waals surface area contributed by atoms with Gasteiger partial charge in [0, 0.05) is 52.5 Å². The van der Waals surface area contributed by atoms with Crippen LogP contribution in [-0.2, 0) is 0 Å². The molecule has 0 aliphatic heterocycles. The standard InChI is InChI=1S/C60H42N2S/c1-5-20-43(21-6-1)50-28-13-14-29-51(50)53-32-19-35-59-60(53)54-31-16-18-34-57(54)62(59)45-38-41-58-55(42-45)52-30-15-17-33-56(52)61(58)44-36-39-49(40-37-44)63(46-22-7-2-8-23-46,47-24-9-3-10-25-47)48-26-11-4-12-27-48/h1-42H. The Hall–Kier alpha value is -7.85. The van der Waals surface area contributed by atoms with Crippen molar-refractivity contribution in [2.24, 2.45) is 0 Å². The summed E-state index contributed by atoms with van der Waals surface area (Å²) in [5, 5.41) is 4.96. The van der Waals surface area contributed by atoms with E-state index in [1.54, 1.807) is 0 Å². The maximum Gasteiger partial charge on any atom is 0.0547 e. The average molecular weight is 823 g/mol. The molecule has 2 nitrogen and oxygen atoms in total. The second-order valence-corrected chi connectivity index (χ2v) is 19.2. The molecule has 12 aromatic rings. The van der Waals surface area contributed by atoms with Gasteiger partial charge in [0.05, 0.1) is 22.1 Å². The molecule has 0 saturated carbocycles. The molecule has 3 heteroatoms. The van der Waals surface area contributed by atoms with E-state index in [0.29, 0.717) is 0 Å². The van der Waals surface area contributed by atoms with Crippen LogP contribution in [0.15, 0.2) is 274 Å². The van der Waals surface area contributed by atoms with E-state index in [0.717, 1.165) is 11.4 Å². The molecule has 2 aromatic heterocycles. The maximum absolute atomic E-state index is 2.46. The van der Waals surface area contributed by atoms with Crippen molar-refractivity contribution in [3.63, 3.8) is 0 Å². The highest BCUT2D eigenvalue weighted by Crippen LogP contribution is 2.73. The van der Waals surface area contributed by atoms with Gasteiger partial charge in [0.1, 0.15) is 0 Å². The van der Waals surface area contributed by atoms with Gasteiger partial charge < -0.3 is 9.13 Å². The van der Waals surface area contributed by atoms with Crippen LogP contribution in [0.5, 0.6) is 0 Å². The molecule has 0 bridgehead atoms. The number of fused-ring (bicyclic) bond motifs is 6. The van der Waals surface area contributed by atoms with Crippen LogP contribution < -0.4 is 0 Å². The van der Waals surface area contributed by atoms with Crippen LogP contribution in [0.25, 0.3) is 77.2 Å². The van der Waals surface area contributed by atoms with Crippen LogP contribution in [-0.4, -0.2) is 9.13 Å². The molecule has 0 amide bonds. The van der Waals surface area contributed by atoms with Crippen molar-refractivity contribution in [1.29, 1.82) is 0 Å². The van der Waals surface area contributed by atoms with Crippen LogP contribution >= 0.6 is 10.0 Å². The molecule has 0 spiro atoms. The van der Waals surface area contributed by atoms with Gasteiger partial charge in [-0.1, -0.05) is 158 Å². The predicted molar refractivity (Wildman–Crippen MR) is 266 cm³/mol. The largest absolute Gasteiger partial charge is 0.309 e. The Kier molecular flexibility index (Phi) is 8.95. The molecule has 10 aromatic carbocycles. The van der Waals surface area contributed by atoms with Gasteiger partial charge in [-0.3, -0.25) is 0 Å². The molecular formula is C60H42N2S. The van der Waals surface area contributed by atoms with E-state index in [4.69, 9.17) is 0 Å². The zero-order chi connectivity index (χ0) is 41.7. The van der Waals surface area contributed by atoms with Crippen LogP contribution in [0.2, 0.25) is 0 Å². The molecule has 0 fully saturated rings. The van der Waals surface area contributed by atoms with Gasteiger partial charge in [-0.15, -0.1) is 10.0 Å². The molecule has 0 N–H and O–H groups in total. The average Bonchev–Trinajstić information content (AvgIpc) is 3.88. The molecule has 298 valence electrons. The Labute approximate surface area is 368 Å². The molecule has 0 unspecified atom stereocenters. The van der Waals surface area contributed by atoms with E-state index in [9.17, 15) is 0 Å². The number of rotatable bonds is 8. The molecule has 0 aliphatic rings. The summed E-state index contributed by atoms with van der Waals surface area (Å²) >= 11 is 0. The lowest BCUT2D eigenvalue weighted by molar-refractivity contribution is 1.15. The first-order chi connectivity index (χ1) is 31.3. The smallest absolute Gasteiger partial charge is 0.0547 e. The molecule has 2 heterocycles. The van der Waals surface area contributed by atoms with Gasteiger partial charge in [0.2, 0.25) is 0 Å². The third-order valence-corrected chi connectivity index (χ3v) is 16.6. The van der Waals surface area contributed by atoms with Crippen molar-refractivity contribution in [2.75, 3.05) is 0 Å². The summed E-state index contributed by atoms with van der Waals surface area (Å²) in [5.41, 5.74) is 11.9. The molecular weight excluding hydrogens is 781 g/mol. The molecule has 12 rings (SSSR count). The molecule has 0 saturated heterocycles. The summed E-state index contributed by atoms with van der Waals surface area (Å²) in [6, 6.07) is 93.7. The lowest BCUT2D eigenvalue weighted by Crippen LogP contribution is -2.05. The quantitative estimate of drug-likeness (QED) is 0.144.